The van der Waals surface area contributed by atoms with Gasteiger partial charge in [-0.05, 0) is 97.1 Å². The molecule has 143 heavy (non-hydrogen) atoms. The summed E-state index contributed by atoms with van der Waals surface area (Å²) in [5.74, 6) is 13.8. The number of thioether (sulfide) groups is 16. The molecule has 0 aliphatic heterocycles. The summed E-state index contributed by atoms with van der Waals surface area (Å²) in [6.07, 6.45) is 0. The minimum atomic E-state index is 0.156. The van der Waals surface area contributed by atoms with Crippen LogP contribution in [0.1, 0.15) is 78.0 Å². The maximum absolute atomic E-state index is 7.78. The summed E-state index contributed by atoms with van der Waals surface area (Å²) >= 11 is 39.0. The summed E-state index contributed by atoms with van der Waals surface area (Å²) in [6.45, 7) is 0. The van der Waals surface area contributed by atoms with Crippen LogP contribution in [0.5, 0.6) is 0 Å². The molecule has 0 bridgehead atoms. The van der Waals surface area contributed by atoms with E-state index in [4.69, 9.17) is 89.5 Å². The van der Waals surface area contributed by atoms with E-state index in [0.29, 0.717) is 51.7 Å². The lowest BCUT2D eigenvalue weighted by atomic mass is 10.5. The standard InChI is InChI=1S/C14H24N4S3.C13H22N4S3.C12H20N4S3.3C10H16N4S3.2C9H14N4S3/c1-15-13(17(3)4)19-9-11-7-8-12(21-11)10-20-14(16-2)18(5)6;1-15-13(17(4)5)19-9-11-7-6-10(20-11)8-18-12(14)16(2)3;1-15(2)11(13)17-7-9-5-6-10(19-9)8-18-12(14)16(3)4;2*1-13-9(11)15-5-7-3-4-8(17-7)6-16-10(12)14-2;1-14(2)10(13)16-6-8-4-3-7(17-8)5-15-9(11)12;2*1-13-9(12)15-5-7-3-2-6(16-7)4-14-8(10)11/h7-8H,9-10H2,1-6H3;6-7,14H,8-9H2,1-5H3;5-6,13-14H,7-8H2,1-4H3;2*3-4H,5-6H2,1-2H3,(H2,11,13)(H2,12,14);3-4,13H,5-6H2,1-2H3,(H3,11,12);2*2-3H,4-5H2,1H3,(H3,10,11)(H2,12,13). The average Bonchev–Trinajstić information content (AvgIpc) is 1.75. The molecular weight excluding hydrogens is 2260 g/mol. The van der Waals surface area contributed by atoms with Crippen molar-refractivity contribution in [3.05, 3.63) is 175 Å². The number of nitrogens with one attached hydrogen (secondary N) is 7. The number of rotatable bonds is 32. The number of hydrogen-bond donors (Lipinski definition) is 16. The van der Waals surface area contributed by atoms with Gasteiger partial charge < -0.3 is 85.9 Å². The van der Waals surface area contributed by atoms with Crippen molar-refractivity contribution in [3.63, 3.8) is 0 Å². The first kappa shape index (κ1) is 136. The molecule has 0 fully saturated rings. The molecular formula is C87H142N32S24. The Balaban J connectivity index is 0.000000818. The Labute approximate surface area is 948 Å². The topological polar surface area (TPSA) is 535 Å². The van der Waals surface area contributed by atoms with Gasteiger partial charge in [0.05, 0.1) is 0 Å². The normalized spacial score (nSPS) is 11.8. The number of thiophene rings is 8. The fourth-order valence-corrected chi connectivity index (χ4v) is 29.5. The molecule has 0 saturated heterocycles. The second-order valence-electron chi connectivity index (χ2n) is 29.0. The highest BCUT2D eigenvalue weighted by Gasteiger charge is 2.15. The maximum atomic E-state index is 7.78. The Bertz CT molecular complexity index is 5000. The molecule has 0 aliphatic rings. The molecule has 794 valence electrons. The fraction of sp³-hybridized carbons (Fsp3) is 0.448. The van der Waals surface area contributed by atoms with E-state index >= 15 is 0 Å². The first-order valence-electron chi connectivity index (χ1n) is 42.3. The number of nitrogens with two attached hydrogens (primary N) is 9. The van der Waals surface area contributed by atoms with Crippen LogP contribution in [-0.4, -0.2) is 279 Å². The first-order valence-corrected chi connectivity index (χ1v) is 64.6. The second kappa shape index (κ2) is 80.6. The molecule has 0 aliphatic carbocycles. The van der Waals surface area contributed by atoms with Gasteiger partial charge in [0, 0.05) is 332 Å². The van der Waals surface area contributed by atoms with E-state index in [2.05, 4.69) is 152 Å². The highest BCUT2D eigenvalue weighted by molar-refractivity contribution is 8.17. The van der Waals surface area contributed by atoms with Crippen molar-refractivity contribution in [2.24, 2.45) is 96.5 Å². The lowest BCUT2D eigenvalue weighted by Crippen LogP contribution is -2.18. The summed E-state index contributed by atoms with van der Waals surface area (Å²) in [4.78, 5) is 70.2. The molecule has 8 aromatic heterocycles. The SMILES string of the molecule is CN(C)C(=N)SCc1ccc(CSC(=N)N(C)C)s1.CN(C)C(=N)SCc1ccc(CSC(=N)N)s1.CN=C(N)SCc1ccc(CSC(=N)N)s1.CN=C(N)SCc1ccc(CSC(=N)N)s1.CN=C(N)SCc1ccc(CSC(N)=NC)s1.CN=C(N)SCc1ccc(CSC(N)=NC)s1.CN=C(SCc1ccc(CSC(=N)N(C)C)s1)N(C)C.CN=C(SCc1ccc(CSC(=NC)N(C)C)s1)N(C)C. The van der Waals surface area contributed by atoms with E-state index in [0.717, 1.165) is 108 Å². The van der Waals surface area contributed by atoms with Crippen LogP contribution in [0.2, 0.25) is 0 Å². The van der Waals surface area contributed by atoms with Crippen molar-refractivity contribution in [3.8, 4) is 0 Å². The largest absolute Gasteiger partial charge is 0.379 e. The van der Waals surface area contributed by atoms with Crippen molar-refractivity contribution >= 4 is 362 Å². The van der Waals surface area contributed by atoms with Crippen molar-refractivity contribution in [2.75, 3.05) is 162 Å². The smallest absolute Gasteiger partial charge is 0.158 e. The average molecular weight is 2410 g/mol. The number of nitrogens with zero attached hydrogens (tertiary/aromatic N) is 16. The Morgan fingerprint density at radius 1 is 0.182 bits per heavy atom. The Hall–Kier alpha value is -5.28. The van der Waals surface area contributed by atoms with Gasteiger partial charge in [0.2, 0.25) is 0 Å². The summed E-state index contributed by atoms with van der Waals surface area (Å²) < 4.78 is 0. The summed E-state index contributed by atoms with van der Waals surface area (Å²) in [5.41, 5.74) is 49.5. The molecule has 0 aromatic carbocycles. The number of hydrogen-bond acceptors (Lipinski definition) is 40. The third-order valence-electron chi connectivity index (χ3n) is 16.1. The van der Waals surface area contributed by atoms with Gasteiger partial charge >= 0.3 is 0 Å². The monoisotopic (exact) mass is 2400 g/mol. The highest BCUT2D eigenvalue weighted by Crippen LogP contribution is 2.34. The predicted molar refractivity (Wildman–Crippen MR) is 683 cm³/mol. The Kier molecular flexibility index (Phi) is 76.5. The summed E-state index contributed by atoms with van der Waals surface area (Å²) in [5, 5.41) is 62.0. The van der Waals surface area contributed by atoms with Gasteiger partial charge in [-0.2, -0.15) is 0 Å². The lowest BCUT2D eigenvalue weighted by molar-refractivity contribution is 0.632. The first-order chi connectivity index (χ1) is 67.8. The second-order valence-corrected chi connectivity index (χ2v) is 54.8. The van der Waals surface area contributed by atoms with E-state index < -0.39 is 0 Å². The predicted octanol–water partition coefficient (Wildman–Crippen LogP) is 20.7. The van der Waals surface area contributed by atoms with Gasteiger partial charge in [-0.25, -0.2) is 0 Å². The number of amidine groups is 16. The molecule has 0 amide bonds. The number of aliphatic imine (C=N–C) groups is 9. The molecule has 0 saturated carbocycles. The minimum absolute atomic E-state index is 0.156. The Morgan fingerprint density at radius 3 is 0.392 bits per heavy atom. The van der Waals surface area contributed by atoms with Crippen LogP contribution in [0.15, 0.2) is 142 Å². The minimum Gasteiger partial charge on any atom is -0.379 e. The highest BCUT2D eigenvalue weighted by atomic mass is 32.2. The summed E-state index contributed by atoms with van der Waals surface area (Å²) in [6, 6.07) is 33.9. The molecule has 32 nitrogen and oxygen atoms in total. The van der Waals surface area contributed by atoms with Crippen molar-refractivity contribution in [1.29, 1.82) is 37.9 Å². The van der Waals surface area contributed by atoms with Gasteiger partial charge in [-0.3, -0.25) is 82.8 Å². The van der Waals surface area contributed by atoms with Crippen LogP contribution in [0.3, 0.4) is 0 Å². The third kappa shape index (κ3) is 66.8. The lowest BCUT2D eigenvalue weighted by Gasteiger charge is -2.13. The molecule has 8 heterocycles. The van der Waals surface area contributed by atoms with Crippen molar-refractivity contribution in [2.45, 2.75) is 92.0 Å². The van der Waals surface area contributed by atoms with E-state index in [1.54, 1.807) is 233 Å². The zero-order valence-electron chi connectivity index (χ0n) is 85.2. The van der Waals surface area contributed by atoms with Gasteiger partial charge in [-0.1, -0.05) is 188 Å². The zero-order chi connectivity index (χ0) is 107. The molecule has 0 radical (unpaired) electrons. The van der Waals surface area contributed by atoms with Crippen LogP contribution in [0.4, 0.5) is 0 Å². The molecule has 8 rings (SSSR count). The van der Waals surface area contributed by atoms with E-state index in [-0.39, 0.29) is 15.5 Å². The van der Waals surface area contributed by atoms with Crippen molar-refractivity contribution < 1.29 is 0 Å². The van der Waals surface area contributed by atoms with E-state index in [1.165, 1.54) is 149 Å². The molecule has 56 heteroatoms. The Morgan fingerprint density at radius 2 is 0.294 bits per heavy atom. The molecule has 0 atom stereocenters. The van der Waals surface area contributed by atoms with Gasteiger partial charge in [0.1, 0.15) is 0 Å². The van der Waals surface area contributed by atoms with E-state index in [1.807, 2.05) is 162 Å². The van der Waals surface area contributed by atoms with Crippen LogP contribution < -0.4 is 51.6 Å². The third-order valence-corrected chi connectivity index (χ3v) is 43.8. The molecule has 8 aromatic rings. The molecule has 0 spiro atoms. The van der Waals surface area contributed by atoms with Crippen LogP contribution in [-0.2, 0) is 92.0 Å². The van der Waals surface area contributed by atoms with Crippen LogP contribution in [0.25, 0.3) is 0 Å². The quantitative estimate of drug-likeness (QED) is 0.0137. The van der Waals surface area contributed by atoms with Crippen molar-refractivity contribution in [1.82, 2.24) is 34.3 Å². The van der Waals surface area contributed by atoms with Gasteiger partial charge in [0.25, 0.3) is 0 Å². The fourth-order valence-electron chi connectivity index (χ4n) is 8.99. The van der Waals surface area contributed by atoms with Crippen LogP contribution >= 0.6 is 279 Å². The van der Waals surface area contributed by atoms with Gasteiger partial charge in [0.15, 0.2) is 82.7 Å². The van der Waals surface area contributed by atoms with Gasteiger partial charge in [-0.15, -0.1) is 90.7 Å². The van der Waals surface area contributed by atoms with E-state index in [9.17, 15) is 0 Å². The van der Waals surface area contributed by atoms with Crippen LogP contribution in [0, 0.1) is 37.9 Å². The maximum Gasteiger partial charge on any atom is 0.158 e. The summed E-state index contributed by atoms with van der Waals surface area (Å²) in [7, 11) is 42.9. The molecule has 0 unspecified atom stereocenters. The molecule has 25 N–H and O–H groups in total. The zero-order valence-corrected chi connectivity index (χ0v) is 105.